The van der Waals surface area contributed by atoms with Crippen molar-refractivity contribution in [2.24, 2.45) is 0 Å². The Balaban J connectivity index is 2.28. The summed E-state index contributed by atoms with van der Waals surface area (Å²) in [5.41, 5.74) is 4.38. The van der Waals surface area contributed by atoms with E-state index in [0.29, 0.717) is 0 Å². The van der Waals surface area contributed by atoms with Crippen LogP contribution in [0.15, 0.2) is 18.2 Å². The fourth-order valence-corrected chi connectivity index (χ4v) is 2.72. The van der Waals surface area contributed by atoms with E-state index >= 15 is 0 Å². The zero-order valence-electron chi connectivity index (χ0n) is 10.6. The third kappa shape index (κ3) is 2.07. The number of hydrogen-bond donors (Lipinski definition) is 1. The predicted octanol–water partition coefficient (Wildman–Crippen LogP) is 2.74. The number of fused-ring (bicyclic) bond motifs is 1. The van der Waals surface area contributed by atoms with Gasteiger partial charge in [0, 0.05) is 31.7 Å². The second-order valence-electron chi connectivity index (χ2n) is 4.79. The molecular weight excluding hydrogens is 196 g/mol. The fourth-order valence-electron chi connectivity index (χ4n) is 2.72. The highest BCUT2D eigenvalue weighted by Crippen LogP contribution is 2.38. The van der Waals surface area contributed by atoms with Gasteiger partial charge in [0.25, 0.3) is 0 Å². The lowest BCUT2D eigenvalue weighted by molar-refractivity contribution is 0.640. The first-order chi connectivity index (χ1) is 7.76. The highest BCUT2D eigenvalue weighted by atomic mass is 15.1. The van der Waals surface area contributed by atoms with E-state index in [1.54, 1.807) is 5.56 Å². The van der Waals surface area contributed by atoms with Gasteiger partial charge in [-0.1, -0.05) is 25.5 Å². The second-order valence-corrected chi connectivity index (χ2v) is 4.79. The minimum absolute atomic E-state index is 0.738. The van der Waals surface area contributed by atoms with Gasteiger partial charge in [0.15, 0.2) is 0 Å². The van der Waals surface area contributed by atoms with Crippen LogP contribution in [-0.4, -0.2) is 20.6 Å². The van der Waals surface area contributed by atoms with Crippen LogP contribution in [0.3, 0.4) is 0 Å². The quantitative estimate of drug-likeness (QED) is 0.836. The Hall–Kier alpha value is -1.02. The number of anilines is 1. The molecule has 88 valence electrons. The van der Waals surface area contributed by atoms with Crippen molar-refractivity contribution in [2.45, 2.75) is 32.2 Å². The van der Waals surface area contributed by atoms with Gasteiger partial charge >= 0.3 is 0 Å². The molecule has 1 atom stereocenters. The molecule has 0 saturated heterocycles. The first kappa shape index (κ1) is 11.5. The van der Waals surface area contributed by atoms with Crippen LogP contribution in [0.25, 0.3) is 0 Å². The van der Waals surface area contributed by atoms with Crippen molar-refractivity contribution in [1.82, 2.24) is 5.32 Å². The molecule has 0 aromatic heterocycles. The molecule has 2 nitrogen and oxygen atoms in total. The van der Waals surface area contributed by atoms with E-state index in [2.05, 4.69) is 42.4 Å². The molecule has 0 aliphatic carbocycles. The molecule has 0 radical (unpaired) electrons. The van der Waals surface area contributed by atoms with Crippen molar-refractivity contribution >= 4 is 5.69 Å². The van der Waals surface area contributed by atoms with Gasteiger partial charge in [-0.3, -0.25) is 0 Å². The minimum atomic E-state index is 0.738. The third-order valence-electron chi connectivity index (χ3n) is 3.46. The first-order valence-corrected chi connectivity index (χ1v) is 6.24. The Kier molecular flexibility index (Phi) is 3.49. The molecule has 0 saturated carbocycles. The number of rotatable bonds is 4. The lowest BCUT2D eigenvalue weighted by Crippen LogP contribution is -2.15. The van der Waals surface area contributed by atoms with E-state index in [1.165, 1.54) is 30.6 Å². The molecule has 1 aliphatic heterocycles. The summed E-state index contributed by atoms with van der Waals surface area (Å²) in [5, 5.41) is 3.22. The van der Waals surface area contributed by atoms with E-state index in [9.17, 15) is 0 Å². The maximum absolute atomic E-state index is 3.22. The summed E-state index contributed by atoms with van der Waals surface area (Å²) in [7, 11) is 4.20. The number of nitrogens with zero attached hydrogens (tertiary/aromatic N) is 1. The highest BCUT2D eigenvalue weighted by molar-refractivity contribution is 5.60. The normalized spacial score (nSPS) is 18.9. The van der Waals surface area contributed by atoms with Gasteiger partial charge in [0.2, 0.25) is 0 Å². The van der Waals surface area contributed by atoms with Gasteiger partial charge < -0.3 is 10.2 Å². The molecule has 1 unspecified atom stereocenters. The second kappa shape index (κ2) is 4.88. The Morgan fingerprint density at radius 2 is 2.25 bits per heavy atom. The molecule has 1 aromatic carbocycles. The fraction of sp³-hybridized carbons (Fsp3) is 0.571. The highest BCUT2D eigenvalue weighted by Gasteiger charge is 2.25. The topological polar surface area (TPSA) is 15.3 Å². The lowest BCUT2D eigenvalue weighted by Gasteiger charge is -2.12. The van der Waals surface area contributed by atoms with Crippen molar-refractivity contribution in [3.05, 3.63) is 29.3 Å². The zero-order chi connectivity index (χ0) is 11.5. The predicted molar refractivity (Wildman–Crippen MR) is 70.1 cm³/mol. The van der Waals surface area contributed by atoms with Crippen LogP contribution in [0.1, 0.15) is 36.8 Å². The Morgan fingerprint density at radius 1 is 1.44 bits per heavy atom. The van der Waals surface area contributed by atoms with Gasteiger partial charge in [0.1, 0.15) is 0 Å². The van der Waals surface area contributed by atoms with Crippen LogP contribution >= 0.6 is 0 Å². The third-order valence-corrected chi connectivity index (χ3v) is 3.46. The Bertz CT molecular complexity index is 360. The number of benzene rings is 1. The smallest absolute Gasteiger partial charge is 0.0400 e. The summed E-state index contributed by atoms with van der Waals surface area (Å²) in [6, 6.07) is 6.90. The largest absolute Gasteiger partial charge is 0.374 e. The molecule has 16 heavy (non-hydrogen) atoms. The van der Waals surface area contributed by atoms with Gasteiger partial charge in [-0.2, -0.15) is 0 Å². The molecule has 0 amide bonds. The SMILES string of the molecule is CCCC1CN(C)c2ccc(CNC)cc21. The average molecular weight is 218 g/mol. The van der Waals surface area contributed by atoms with Gasteiger partial charge in [-0.05, 0) is 30.7 Å². The molecule has 2 heteroatoms. The summed E-state index contributed by atoms with van der Waals surface area (Å²) in [4.78, 5) is 2.39. The van der Waals surface area contributed by atoms with Crippen molar-refractivity contribution in [1.29, 1.82) is 0 Å². The van der Waals surface area contributed by atoms with Crippen molar-refractivity contribution < 1.29 is 0 Å². The Labute approximate surface area is 98.7 Å². The molecule has 1 aromatic rings. The maximum atomic E-state index is 3.22. The van der Waals surface area contributed by atoms with Gasteiger partial charge in [-0.15, -0.1) is 0 Å². The van der Waals surface area contributed by atoms with Crippen molar-refractivity contribution in [2.75, 3.05) is 25.5 Å². The van der Waals surface area contributed by atoms with Crippen LogP contribution in [-0.2, 0) is 6.54 Å². The summed E-state index contributed by atoms with van der Waals surface area (Å²) < 4.78 is 0. The van der Waals surface area contributed by atoms with E-state index in [4.69, 9.17) is 0 Å². The van der Waals surface area contributed by atoms with E-state index in [-0.39, 0.29) is 0 Å². The van der Waals surface area contributed by atoms with E-state index in [1.807, 2.05) is 7.05 Å². The summed E-state index contributed by atoms with van der Waals surface area (Å²) >= 11 is 0. The molecule has 0 fully saturated rings. The van der Waals surface area contributed by atoms with Crippen LogP contribution < -0.4 is 10.2 Å². The Morgan fingerprint density at radius 3 is 2.94 bits per heavy atom. The number of hydrogen-bond acceptors (Lipinski definition) is 2. The number of nitrogens with one attached hydrogen (secondary N) is 1. The monoisotopic (exact) mass is 218 g/mol. The zero-order valence-corrected chi connectivity index (χ0v) is 10.6. The summed E-state index contributed by atoms with van der Waals surface area (Å²) in [6.45, 7) is 4.43. The van der Waals surface area contributed by atoms with E-state index in [0.717, 1.165) is 12.5 Å². The van der Waals surface area contributed by atoms with Gasteiger partial charge in [0.05, 0.1) is 0 Å². The molecule has 0 spiro atoms. The summed E-state index contributed by atoms with van der Waals surface area (Å²) in [6.07, 6.45) is 2.58. The summed E-state index contributed by atoms with van der Waals surface area (Å²) in [5.74, 6) is 0.738. The van der Waals surface area contributed by atoms with Crippen LogP contribution in [0.5, 0.6) is 0 Å². The van der Waals surface area contributed by atoms with Crippen LogP contribution in [0, 0.1) is 0 Å². The molecule has 1 heterocycles. The van der Waals surface area contributed by atoms with Gasteiger partial charge in [-0.25, -0.2) is 0 Å². The molecular formula is C14H22N2. The molecule has 0 bridgehead atoms. The molecule has 2 rings (SSSR count). The van der Waals surface area contributed by atoms with Crippen molar-refractivity contribution in [3.63, 3.8) is 0 Å². The van der Waals surface area contributed by atoms with Crippen LogP contribution in [0.4, 0.5) is 5.69 Å². The van der Waals surface area contributed by atoms with Crippen LogP contribution in [0.2, 0.25) is 0 Å². The minimum Gasteiger partial charge on any atom is -0.374 e. The standard InChI is InChI=1S/C14H22N2/c1-4-5-12-10-16(3)14-7-6-11(9-15-2)8-13(12)14/h6-8,12,15H,4-5,9-10H2,1-3H3. The van der Waals surface area contributed by atoms with E-state index < -0.39 is 0 Å². The molecule has 1 N–H and O–H groups in total. The average Bonchev–Trinajstić information content (AvgIpc) is 2.57. The van der Waals surface area contributed by atoms with Crippen molar-refractivity contribution in [3.8, 4) is 0 Å². The maximum Gasteiger partial charge on any atom is 0.0400 e. The first-order valence-electron chi connectivity index (χ1n) is 6.24. The lowest BCUT2D eigenvalue weighted by atomic mass is 9.95. The number of likely N-dealkylation sites (N-methyl/N-ethyl adjacent to an activating group) is 1. The molecule has 1 aliphatic rings.